The van der Waals surface area contributed by atoms with Crippen LogP contribution in [0, 0.1) is 5.82 Å². The topological polar surface area (TPSA) is 38.5 Å². The summed E-state index contributed by atoms with van der Waals surface area (Å²) < 4.78 is 18.4. The van der Waals surface area contributed by atoms with E-state index in [4.69, 9.17) is 10.5 Å². The van der Waals surface area contributed by atoms with E-state index in [-0.39, 0.29) is 11.9 Å². The zero-order valence-corrected chi connectivity index (χ0v) is 11.2. The van der Waals surface area contributed by atoms with Crippen LogP contribution in [-0.4, -0.2) is 32.3 Å². The minimum absolute atomic E-state index is 0.212. The van der Waals surface area contributed by atoms with E-state index < -0.39 is 0 Å². The zero-order chi connectivity index (χ0) is 13.4. The standard InChI is InChI=1S/C14H23FN2O/c1-12(2)18-11-10-17(9-3-8-16)14-6-4-13(15)5-7-14/h4-7,12H,3,8-11,16H2,1-2H3. The van der Waals surface area contributed by atoms with Crippen molar-refractivity contribution < 1.29 is 9.13 Å². The molecule has 0 spiro atoms. The first-order chi connectivity index (χ1) is 8.63. The molecule has 1 rings (SSSR count). The molecule has 0 saturated carbocycles. The van der Waals surface area contributed by atoms with Crippen LogP contribution in [0.5, 0.6) is 0 Å². The molecule has 102 valence electrons. The van der Waals surface area contributed by atoms with Crippen molar-refractivity contribution in [1.82, 2.24) is 0 Å². The van der Waals surface area contributed by atoms with Crippen LogP contribution >= 0.6 is 0 Å². The summed E-state index contributed by atoms with van der Waals surface area (Å²) in [4.78, 5) is 2.18. The summed E-state index contributed by atoms with van der Waals surface area (Å²) in [6.45, 7) is 7.01. The molecule has 0 saturated heterocycles. The van der Waals surface area contributed by atoms with Crippen LogP contribution in [-0.2, 0) is 4.74 Å². The molecule has 0 aromatic heterocycles. The summed E-state index contributed by atoms with van der Waals surface area (Å²) >= 11 is 0. The first kappa shape index (κ1) is 14.9. The summed E-state index contributed by atoms with van der Waals surface area (Å²) in [7, 11) is 0. The fraction of sp³-hybridized carbons (Fsp3) is 0.571. The fourth-order valence-electron chi connectivity index (χ4n) is 1.70. The summed E-state index contributed by atoms with van der Waals surface area (Å²) in [5.74, 6) is -0.212. The number of nitrogens with two attached hydrogens (primary N) is 1. The molecule has 0 bridgehead atoms. The van der Waals surface area contributed by atoms with Crippen molar-refractivity contribution in [2.45, 2.75) is 26.4 Å². The van der Waals surface area contributed by atoms with Gasteiger partial charge in [-0.25, -0.2) is 4.39 Å². The normalized spacial score (nSPS) is 10.9. The maximum atomic E-state index is 12.9. The number of hydrogen-bond acceptors (Lipinski definition) is 3. The summed E-state index contributed by atoms with van der Waals surface area (Å²) in [6.07, 6.45) is 1.15. The Morgan fingerprint density at radius 3 is 2.44 bits per heavy atom. The van der Waals surface area contributed by atoms with Gasteiger partial charge in [-0.1, -0.05) is 0 Å². The van der Waals surface area contributed by atoms with Crippen molar-refractivity contribution >= 4 is 5.69 Å². The SMILES string of the molecule is CC(C)OCCN(CCCN)c1ccc(F)cc1. The number of benzene rings is 1. The fourth-order valence-corrected chi connectivity index (χ4v) is 1.70. The maximum Gasteiger partial charge on any atom is 0.123 e. The molecule has 18 heavy (non-hydrogen) atoms. The lowest BCUT2D eigenvalue weighted by atomic mass is 10.2. The molecule has 0 aliphatic heterocycles. The van der Waals surface area contributed by atoms with Crippen molar-refractivity contribution in [3.63, 3.8) is 0 Å². The van der Waals surface area contributed by atoms with Crippen LogP contribution in [0.4, 0.5) is 10.1 Å². The van der Waals surface area contributed by atoms with Crippen molar-refractivity contribution in [3.8, 4) is 0 Å². The molecule has 4 heteroatoms. The molecule has 0 heterocycles. The van der Waals surface area contributed by atoms with Crippen LogP contribution < -0.4 is 10.6 Å². The van der Waals surface area contributed by atoms with Gasteiger partial charge in [0.1, 0.15) is 5.82 Å². The Labute approximate surface area is 109 Å². The molecule has 0 fully saturated rings. The quantitative estimate of drug-likeness (QED) is 0.774. The highest BCUT2D eigenvalue weighted by atomic mass is 19.1. The molecule has 0 radical (unpaired) electrons. The van der Waals surface area contributed by atoms with E-state index in [0.29, 0.717) is 13.2 Å². The molecule has 0 atom stereocenters. The minimum Gasteiger partial charge on any atom is -0.377 e. The van der Waals surface area contributed by atoms with Gasteiger partial charge in [0.05, 0.1) is 12.7 Å². The third kappa shape index (κ3) is 5.47. The average Bonchev–Trinajstić information content (AvgIpc) is 2.34. The Hall–Kier alpha value is -1.13. The van der Waals surface area contributed by atoms with Crippen LogP contribution in [0.2, 0.25) is 0 Å². The highest BCUT2D eigenvalue weighted by Crippen LogP contribution is 2.15. The predicted molar refractivity (Wildman–Crippen MR) is 73.4 cm³/mol. The molecule has 1 aromatic carbocycles. The first-order valence-corrected chi connectivity index (χ1v) is 6.45. The van der Waals surface area contributed by atoms with Crippen LogP contribution in [0.3, 0.4) is 0 Å². The molecule has 0 aliphatic carbocycles. The smallest absolute Gasteiger partial charge is 0.123 e. The van der Waals surface area contributed by atoms with E-state index in [1.54, 1.807) is 12.1 Å². The molecule has 2 N–H and O–H groups in total. The Kier molecular flexibility index (Phi) is 6.68. The van der Waals surface area contributed by atoms with Crippen LogP contribution in [0.15, 0.2) is 24.3 Å². The monoisotopic (exact) mass is 254 g/mol. The molecular formula is C14H23FN2O. The third-order valence-electron chi connectivity index (χ3n) is 2.64. The van der Waals surface area contributed by atoms with E-state index in [9.17, 15) is 4.39 Å². The van der Waals surface area contributed by atoms with Gasteiger partial charge in [0.15, 0.2) is 0 Å². The largest absolute Gasteiger partial charge is 0.377 e. The van der Waals surface area contributed by atoms with E-state index >= 15 is 0 Å². The Morgan fingerprint density at radius 1 is 1.22 bits per heavy atom. The van der Waals surface area contributed by atoms with Crippen molar-refractivity contribution in [2.24, 2.45) is 5.73 Å². The second-order valence-electron chi connectivity index (χ2n) is 4.53. The molecule has 1 aromatic rings. The number of nitrogens with zero attached hydrogens (tertiary/aromatic N) is 1. The predicted octanol–water partition coefficient (Wildman–Crippen LogP) is 2.41. The van der Waals surface area contributed by atoms with Gasteiger partial charge in [0.25, 0.3) is 0 Å². The molecule has 3 nitrogen and oxygen atoms in total. The number of ether oxygens (including phenoxy) is 1. The average molecular weight is 254 g/mol. The van der Waals surface area contributed by atoms with Gasteiger partial charge < -0.3 is 15.4 Å². The van der Waals surface area contributed by atoms with Gasteiger partial charge in [-0.15, -0.1) is 0 Å². The summed E-state index contributed by atoms with van der Waals surface area (Å²) in [5.41, 5.74) is 6.55. The van der Waals surface area contributed by atoms with Crippen molar-refractivity contribution in [3.05, 3.63) is 30.1 Å². The minimum atomic E-state index is -0.212. The first-order valence-electron chi connectivity index (χ1n) is 6.45. The molecule has 0 aliphatic rings. The third-order valence-corrected chi connectivity index (χ3v) is 2.64. The second kappa shape index (κ2) is 8.06. The summed E-state index contributed by atoms with van der Waals surface area (Å²) in [5, 5.41) is 0. The number of hydrogen-bond donors (Lipinski definition) is 1. The molecule has 0 amide bonds. The number of rotatable bonds is 8. The van der Waals surface area contributed by atoms with Gasteiger partial charge in [-0.2, -0.15) is 0 Å². The lowest BCUT2D eigenvalue weighted by Crippen LogP contribution is -2.30. The Balaban J connectivity index is 2.56. The number of halogens is 1. The lowest BCUT2D eigenvalue weighted by molar-refractivity contribution is 0.0840. The van der Waals surface area contributed by atoms with E-state index in [1.165, 1.54) is 12.1 Å². The molecular weight excluding hydrogens is 231 g/mol. The van der Waals surface area contributed by atoms with Crippen molar-refractivity contribution in [2.75, 3.05) is 31.1 Å². The van der Waals surface area contributed by atoms with Gasteiger partial charge >= 0.3 is 0 Å². The highest BCUT2D eigenvalue weighted by Gasteiger charge is 2.06. The number of anilines is 1. The zero-order valence-electron chi connectivity index (χ0n) is 11.2. The Morgan fingerprint density at radius 2 is 1.89 bits per heavy atom. The van der Waals surface area contributed by atoms with E-state index in [2.05, 4.69) is 4.90 Å². The van der Waals surface area contributed by atoms with Gasteiger partial charge in [-0.3, -0.25) is 0 Å². The van der Waals surface area contributed by atoms with Crippen LogP contribution in [0.1, 0.15) is 20.3 Å². The second-order valence-corrected chi connectivity index (χ2v) is 4.53. The maximum absolute atomic E-state index is 12.9. The van der Waals surface area contributed by atoms with Gasteiger partial charge in [0.2, 0.25) is 0 Å². The van der Waals surface area contributed by atoms with E-state index in [0.717, 1.165) is 25.2 Å². The van der Waals surface area contributed by atoms with Crippen molar-refractivity contribution in [1.29, 1.82) is 0 Å². The molecule has 0 unspecified atom stereocenters. The lowest BCUT2D eigenvalue weighted by Gasteiger charge is -2.25. The highest BCUT2D eigenvalue weighted by molar-refractivity contribution is 5.46. The van der Waals surface area contributed by atoms with Gasteiger partial charge in [-0.05, 0) is 51.1 Å². The van der Waals surface area contributed by atoms with E-state index in [1.807, 2.05) is 13.8 Å². The van der Waals surface area contributed by atoms with Crippen LogP contribution in [0.25, 0.3) is 0 Å². The Bertz CT molecular complexity index is 327. The summed E-state index contributed by atoms with van der Waals surface area (Å²) in [6, 6.07) is 6.55. The van der Waals surface area contributed by atoms with Gasteiger partial charge in [0, 0.05) is 18.8 Å².